The van der Waals surface area contributed by atoms with Crippen molar-refractivity contribution in [2.75, 3.05) is 6.26 Å². The number of rotatable bonds is 3. The summed E-state index contributed by atoms with van der Waals surface area (Å²) in [5.74, 6) is -0.279. The first-order chi connectivity index (χ1) is 8.45. The van der Waals surface area contributed by atoms with E-state index < -0.39 is 9.84 Å². The third-order valence-corrected chi connectivity index (χ3v) is 3.62. The van der Waals surface area contributed by atoms with Crippen LogP contribution in [0.5, 0.6) is 0 Å². The van der Waals surface area contributed by atoms with E-state index in [4.69, 9.17) is 0 Å². The highest BCUT2D eigenvalue weighted by atomic mass is 32.2. The van der Waals surface area contributed by atoms with E-state index in [-0.39, 0.29) is 10.7 Å². The van der Waals surface area contributed by atoms with Crippen LogP contribution in [-0.4, -0.2) is 19.7 Å². The maximum absolute atomic E-state index is 12.7. The molecule has 0 N–H and O–H groups in total. The largest absolute Gasteiger partial charge is 0.260 e. The summed E-state index contributed by atoms with van der Waals surface area (Å²) in [6.07, 6.45) is 3.03. The van der Waals surface area contributed by atoms with Crippen LogP contribution in [0.2, 0.25) is 0 Å². The number of hydrogen-bond acceptors (Lipinski definition) is 3. The first-order valence-electron chi connectivity index (χ1n) is 5.34. The van der Waals surface area contributed by atoms with Gasteiger partial charge < -0.3 is 0 Å². The van der Waals surface area contributed by atoms with Crippen LogP contribution in [0.25, 0.3) is 0 Å². The minimum atomic E-state index is -3.21. The van der Waals surface area contributed by atoms with Crippen molar-refractivity contribution >= 4 is 9.84 Å². The highest BCUT2D eigenvalue weighted by Gasteiger charge is 2.07. The summed E-state index contributed by atoms with van der Waals surface area (Å²) in [4.78, 5) is 4.29. The molecule has 0 aliphatic heterocycles. The van der Waals surface area contributed by atoms with Gasteiger partial charge in [-0.15, -0.1) is 0 Å². The average Bonchev–Trinajstić information content (AvgIpc) is 2.32. The Labute approximate surface area is 105 Å². The fourth-order valence-electron chi connectivity index (χ4n) is 1.55. The molecule has 1 heterocycles. The summed E-state index contributed by atoms with van der Waals surface area (Å²) >= 11 is 0. The molecule has 0 saturated carbocycles. The van der Waals surface area contributed by atoms with Crippen LogP contribution >= 0.6 is 0 Å². The topological polar surface area (TPSA) is 47.0 Å². The van der Waals surface area contributed by atoms with Crippen molar-refractivity contribution in [3.8, 4) is 0 Å². The van der Waals surface area contributed by atoms with Crippen LogP contribution in [0.3, 0.4) is 0 Å². The molecule has 1 aromatic carbocycles. The summed E-state index contributed by atoms with van der Waals surface area (Å²) in [5.41, 5.74) is 1.67. The molecule has 1 aromatic heterocycles. The second-order valence-electron chi connectivity index (χ2n) is 4.06. The predicted octanol–water partition coefficient (Wildman–Crippen LogP) is 2.21. The van der Waals surface area contributed by atoms with E-state index >= 15 is 0 Å². The fourth-order valence-corrected chi connectivity index (χ4v) is 2.11. The van der Waals surface area contributed by atoms with Crippen molar-refractivity contribution in [2.45, 2.75) is 11.3 Å². The van der Waals surface area contributed by atoms with E-state index in [1.807, 2.05) is 0 Å². The number of aromatic nitrogens is 1. The third kappa shape index (κ3) is 3.13. The Morgan fingerprint density at radius 2 is 1.78 bits per heavy atom. The molecule has 18 heavy (non-hydrogen) atoms. The number of benzene rings is 1. The van der Waals surface area contributed by atoms with Gasteiger partial charge in [-0.1, -0.05) is 12.1 Å². The van der Waals surface area contributed by atoms with Crippen LogP contribution in [0.15, 0.2) is 47.5 Å². The molecule has 0 bridgehead atoms. The Morgan fingerprint density at radius 3 is 2.28 bits per heavy atom. The molecule has 0 saturated heterocycles. The van der Waals surface area contributed by atoms with Gasteiger partial charge in [-0.25, -0.2) is 12.8 Å². The molecule has 3 nitrogen and oxygen atoms in total. The Morgan fingerprint density at radius 1 is 1.11 bits per heavy atom. The van der Waals surface area contributed by atoms with Crippen molar-refractivity contribution in [3.05, 3.63) is 59.7 Å². The molecule has 0 amide bonds. The molecular weight excluding hydrogens is 253 g/mol. The van der Waals surface area contributed by atoms with Gasteiger partial charge in [0.15, 0.2) is 9.84 Å². The third-order valence-electron chi connectivity index (χ3n) is 2.52. The van der Waals surface area contributed by atoms with E-state index in [1.165, 1.54) is 24.4 Å². The SMILES string of the molecule is CS(=O)(=O)c1ccc(Cc2ccc(F)cc2)nc1. The highest BCUT2D eigenvalue weighted by Crippen LogP contribution is 2.11. The Bertz CT molecular complexity index is 634. The first-order valence-corrected chi connectivity index (χ1v) is 7.24. The van der Waals surface area contributed by atoms with Gasteiger partial charge in [0, 0.05) is 24.6 Å². The summed E-state index contributed by atoms with van der Waals surface area (Å²) in [5, 5.41) is 0. The predicted molar refractivity (Wildman–Crippen MR) is 66.6 cm³/mol. The van der Waals surface area contributed by atoms with Gasteiger partial charge in [0.05, 0.1) is 4.90 Å². The Kier molecular flexibility index (Phi) is 3.43. The number of hydrogen-bond donors (Lipinski definition) is 0. The van der Waals surface area contributed by atoms with Crippen molar-refractivity contribution < 1.29 is 12.8 Å². The van der Waals surface area contributed by atoms with E-state index in [9.17, 15) is 12.8 Å². The maximum Gasteiger partial charge on any atom is 0.177 e. The number of sulfone groups is 1. The molecule has 0 aliphatic carbocycles. The van der Waals surface area contributed by atoms with E-state index in [1.54, 1.807) is 18.2 Å². The molecule has 2 aromatic rings. The normalized spacial score (nSPS) is 11.4. The molecule has 5 heteroatoms. The van der Waals surface area contributed by atoms with Gasteiger partial charge in [-0.05, 0) is 29.8 Å². The van der Waals surface area contributed by atoms with E-state index in [0.717, 1.165) is 17.5 Å². The summed E-state index contributed by atoms with van der Waals surface area (Å²) < 4.78 is 35.2. The van der Waals surface area contributed by atoms with Crippen molar-refractivity contribution in [2.24, 2.45) is 0 Å². The Balaban J connectivity index is 2.18. The van der Waals surface area contributed by atoms with Gasteiger partial charge >= 0.3 is 0 Å². The molecule has 0 atom stereocenters. The number of nitrogens with zero attached hydrogens (tertiary/aromatic N) is 1. The zero-order chi connectivity index (χ0) is 13.2. The zero-order valence-electron chi connectivity index (χ0n) is 9.80. The Hall–Kier alpha value is -1.75. The standard InChI is InChI=1S/C13H12FNO2S/c1-18(16,17)13-7-6-12(15-9-13)8-10-2-4-11(14)5-3-10/h2-7,9H,8H2,1H3. The number of pyridine rings is 1. The van der Waals surface area contributed by atoms with E-state index in [0.29, 0.717) is 6.42 Å². The van der Waals surface area contributed by atoms with Gasteiger partial charge in [0.2, 0.25) is 0 Å². The van der Waals surface area contributed by atoms with Crippen LogP contribution < -0.4 is 0 Å². The van der Waals surface area contributed by atoms with E-state index in [2.05, 4.69) is 4.98 Å². The van der Waals surface area contributed by atoms with Gasteiger partial charge in [-0.3, -0.25) is 4.98 Å². The monoisotopic (exact) mass is 265 g/mol. The summed E-state index contributed by atoms with van der Waals surface area (Å²) in [6.45, 7) is 0. The molecule has 0 unspecified atom stereocenters. The zero-order valence-corrected chi connectivity index (χ0v) is 10.6. The number of halogens is 1. The molecule has 0 fully saturated rings. The lowest BCUT2D eigenvalue weighted by Crippen LogP contribution is -1.99. The van der Waals surface area contributed by atoms with Crippen LogP contribution in [0.1, 0.15) is 11.3 Å². The lowest BCUT2D eigenvalue weighted by molar-refractivity contribution is 0.601. The van der Waals surface area contributed by atoms with Gasteiger partial charge in [0.1, 0.15) is 5.82 Å². The second-order valence-corrected chi connectivity index (χ2v) is 6.08. The minimum absolute atomic E-state index is 0.199. The van der Waals surface area contributed by atoms with Crippen LogP contribution in [0.4, 0.5) is 4.39 Å². The van der Waals surface area contributed by atoms with Crippen LogP contribution in [0, 0.1) is 5.82 Å². The minimum Gasteiger partial charge on any atom is -0.260 e. The molecule has 2 rings (SSSR count). The summed E-state index contributed by atoms with van der Waals surface area (Å²) in [7, 11) is -3.21. The molecular formula is C13H12FNO2S. The molecule has 0 aliphatic rings. The van der Waals surface area contributed by atoms with Gasteiger partial charge in [0.25, 0.3) is 0 Å². The first kappa shape index (κ1) is 12.7. The maximum atomic E-state index is 12.7. The van der Waals surface area contributed by atoms with Crippen LogP contribution in [-0.2, 0) is 16.3 Å². The molecule has 0 radical (unpaired) electrons. The second kappa shape index (κ2) is 4.86. The molecule has 94 valence electrons. The molecule has 0 spiro atoms. The fraction of sp³-hybridized carbons (Fsp3) is 0.154. The van der Waals surface area contributed by atoms with Crippen molar-refractivity contribution in [1.29, 1.82) is 0 Å². The quantitative estimate of drug-likeness (QED) is 0.855. The van der Waals surface area contributed by atoms with Gasteiger partial charge in [-0.2, -0.15) is 0 Å². The lowest BCUT2D eigenvalue weighted by Gasteiger charge is -2.02. The summed E-state index contributed by atoms with van der Waals surface area (Å²) in [6, 6.07) is 9.34. The smallest absolute Gasteiger partial charge is 0.177 e. The average molecular weight is 265 g/mol. The van der Waals surface area contributed by atoms with Crippen molar-refractivity contribution in [3.63, 3.8) is 0 Å². The lowest BCUT2D eigenvalue weighted by atomic mass is 10.1. The highest BCUT2D eigenvalue weighted by molar-refractivity contribution is 7.90. The van der Waals surface area contributed by atoms with Crippen molar-refractivity contribution in [1.82, 2.24) is 4.98 Å².